The summed E-state index contributed by atoms with van der Waals surface area (Å²) >= 11 is 0. The van der Waals surface area contributed by atoms with E-state index in [1.165, 1.54) is 0 Å². The van der Waals surface area contributed by atoms with Gasteiger partial charge < -0.3 is 5.11 Å². The van der Waals surface area contributed by atoms with Crippen LogP contribution in [0.1, 0.15) is 19.4 Å². The fraction of sp³-hybridized carbons (Fsp3) is 0.353. The normalized spacial score (nSPS) is 12.8. The van der Waals surface area contributed by atoms with Gasteiger partial charge in [-0.05, 0) is 35.8 Å². The smallest absolute Gasteiger partial charge is 0.321 e. The fourth-order valence-electron chi connectivity index (χ4n) is 2.72. The van der Waals surface area contributed by atoms with E-state index in [4.69, 9.17) is 0 Å². The summed E-state index contributed by atoms with van der Waals surface area (Å²) in [5.74, 6) is -0.748. The van der Waals surface area contributed by atoms with Crippen molar-refractivity contribution in [1.82, 2.24) is 4.90 Å². The molecular formula is C17H21NO2. The molecule has 106 valence electrons. The molecule has 2 aromatic carbocycles. The summed E-state index contributed by atoms with van der Waals surface area (Å²) in [7, 11) is 0. The van der Waals surface area contributed by atoms with E-state index in [2.05, 4.69) is 18.2 Å². The Labute approximate surface area is 119 Å². The first-order valence-electron chi connectivity index (χ1n) is 7.10. The topological polar surface area (TPSA) is 40.5 Å². The maximum Gasteiger partial charge on any atom is 0.321 e. The number of rotatable bonds is 6. The van der Waals surface area contributed by atoms with Crippen LogP contribution in [0.5, 0.6) is 0 Å². The van der Waals surface area contributed by atoms with Crippen molar-refractivity contribution in [2.45, 2.75) is 26.3 Å². The monoisotopic (exact) mass is 271 g/mol. The quantitative estimate of drug-likeness (QED) is 0.877. The lowest BCUT2D eigenvalue weighted by Gasteiger charge is -2.26. The molecule has 3 nitrogen and oxygen atoms in total. The molecule has 0 unspecified atom stereocenters. The molecule has 1 N–H and O–H groups in total. The van der Waals surface area contributed by atoms with E-state index in [1.807, 2.05) is 43.0 Å². The van der Waals surface area contributed by atoms with E-state index in [1.54, 1.807) is 0 Å². The maximum atomic E-state index is 11.6. The van der Waals surface area contributed by atoms with Gasteiger partial charge in [0.2, 0.25) is 0 Å². The molecule has 0 fully saturated rings. The van der Waals surface area contributed by atoms with Gasteiger partial charge in [-0.2, -0.15) is 0 Å². The third kappa shape index (κ3) is 2.99. The molecule has 0 aliphatic rings. The molecule has 0 radical (unpaired) electrons. The molecule has 0 saturated heterocycles. The lowest BCUT2D eigenvalue weighted by atomic mass is 9.98. The summed E-state index contributed by atoms with van der Waals surface area (Å²) in [4.78, 5) is 13.5. The van der Waals surface area contributed by atoms with Crippen molar-refractivity contribution >= 4 is 16.7 Å². The van der Waals surface area contributed by atoms with Crippen molar-refractivity contribution in [2.24, 2.45) is 0 Å². The van der Waals surface area contributed by atoms with Crippen molar-refractivity contribution < 1.29 is 9.90 Å². The van der Waals surface area contributed by atoms with E-state index in [-0.39, 0.29) is 0 Å². The van der Waals surface area contributed by atoms with Crippen molar-refractivity contribution in [3.63, 3.8) is 0 Å². The van der Waals surface area contributed by atoms with Crippen LogP contribution in [0.4, 0.5) is 0 Å². The third-order valence-corrected chi connectivity index (χ3v) is 3.83. The average Bonchev–Trinajstić information content (AvgIpc) is 2.47. The first kappa shape index (κ1) is 14.5. The van der Waals surface area contributed by atoms with Crippen LogP contribution < -0.4 is 0 Å². The van der Waals surface area contributed by atoms with Crippen LogP contribution >= 0.6 is 0 Å². The molecule has 0 amide bonds. The molecule has 2 aromatic rings. The van der Waals surface area contributed by atoms with Gasteiger partial charge in [0.25, 0.3) is 0 Å². The number of benzene rings is 2. The zero-order valence-corrected chi connectivity index (χ0v) is 12.0. The predicted octanol–water partition coefficient (Wildman–Crippen LogP) is 3.18. The number of hydrogen-bond acceptors (Lipinski definition) is 2. The summed E-state index contributed by atoms with van der Waals surface area (Å²) < 4.78 is 0. The zero-order chi connectivity index (χ0) is 14.5. The van der Waals surface area contributed by atoms with Gasteiger partial charge in [-0.25, -0.2) is 0 Å². The van der Waals surface area contributed by atoms with Crippen LogP contribution in [0, 0.1) is 0 Å². The Morgan fingerprint density at radius 2 is 1.75 bits per heavy atom. The zero-order valence-electron chi connectivity index (χ0n) is 12.0. The lowest BCUT2D eigenvalue weighted by molar-refractivity contribution is -0.143. The predicted molar refractivity (Wildman–Crippen MR) is 82.0 cm³/mol. The van der Waals surface area contributed by atoms with E-state index in [9.17, 15) is 9.90 Å². The first-order valence-corrected chi connectivity index (χ1v) is 7.10. The minimum Gasteiger partial charge on any atom is -0.480 e. The standard InChI is InChI=1S/C17H21NO2/c1-3-18(4-2)16(17(19)20)12-14-10-7-9-13-8-5-6-11-15(13)14/h5-11,16H,3-4,12H2,1-2H3,(H,19,20)/t16-/m0/s1. The second-order valence-electron chi connectivity index (χ2n) is 4.92. The highest BCUT2D eigenvalue weighted by Crippen LogP contribution is 2.21. The molecule has 20 heavy (non-hydrogen) atoms. The van der Waals surface area contributed by atoms with Crippen LogP contribution in [0.25, 0.3) is 10.8 Å². The minimum absolute atomic E-state index is 0.462. The summed E-state index contributed by atoms with van der Waals surface area (Å²) in [5.41, 5.74) is 1.10. The number of fused-ring (bicyclic) bond motifs is 1. The molecule has 3 heteroatoms. The van der Waals surface area contributed by atoms with Crippen LogP contribution in [0.15, 0.2) is 42.5 Å². The number of likely N-dealkylation sites (N-methyl/N-ethyl adjacent to an activating group) is 1. The van der Waals surface area contributed by atoms with Gasteiger partial charge in [0.1, 0.15) is 6.04 Å². The second-order valence-corrected chi connectivity index (χ2v) is 4.92. The lowest BCUT2D eigenvalue weighted by Crippen LogP contribution is -2.42. The summed E-state index contributed by atoms with van der Waals surface area (Å²) in [6.45, 7) is 5.50. The Hall–Kier alpha value is -1.87. The van der Waals surface area contributed by atoms with E-state index < -0.39 is 12.0 Å². The van der Waals surface area contributed by atoms with Gasteiger partial charge in [-0.1, -0.05) is 56.3 Å². The van der Waals surface area contributed by atoms with Gasteiger partial charge in [-0.3, -0.25) is 9.69 Å². The van der Waals surface area contributed by atoms with Crippen LogP contribution in [0.2, 0.25) is 0 Å². The SMILES string of the molecule is CCN(CC)[C@@H](Cc1cccc2ccccc12)C(=O)O. The summed E-state index contributed by atoms with van der Waals surface area (Å²) in [5, 5.41) is 11.8. The van der Waals surface area contributed by atoms with Gasteiger partial charge >= 0.3 is 5.97 Å². The van der Waals surface area contributed by atoms with Crippen LogP contribution in [-0.4, -0.2) is 35.1 Å². The van der Waals surface area contributed by atoms with Gasteiger partial charge in [-0.15, -0.1) is 0 Å². The Balaban J connectivity index is 2.36. The van der Waals surface area contributed by atoms with Gasteiger partial charge in [0.05, 0.1) is 0 Å². The molecule has 0 aromatic heterocycles. The number of hydrogen-bond donors (Lipinski definition) is 1. The Bertz CT molecular complexity index is 585. The number of carbonyl (C=O) groups is 1. The first-order chi connectivity index (χ1) is 9.67. The molecule has 0 heterocycles. The third-order valence-electron chi connectivity index (χ3n) is 3.83. The highest BCUT2D eigenvalue weighted by atomic mass is 16.4. The summed E-state index contributed by atoms with van der Waals surface area (Å²) in [6, 6.07) is 13.8. The summed E-state index contributed by atoms with van der Waals surface area (Å²) in [6.07, 6.45) is 0.540. The minimum atomic E-state index is -0.748. The number of carboxylic acid groups (broad SMARTS) is 1. The molecule has 0 spiro atoms. The van der Waals surface area contributed by atoms with Crippen molar-refractivity contribution in [3.8, 4) is 0 Å². The molecule has 0 aliphatic heterocycles. The van der Waals surface area contributed by atoms with Crippen molar-refractivity contribution in [2.75, 3.05) is 13.1 Å². The Morgan fingerprint density at radius 1 is 1.10 bits per heavy atom. The number of carboxylic acids is 1. The second kappa shape index (κ2) is 6.53. The van der Waals surface area contributed by atoms with Crippen molar-refractivity contribution in [3.05, 3.63) is 48.0 Å². The van der Waals surface area contributed by atoms with E-state index in [0.717, 1.165) is 29.4 Å². The average molecular weight is 271 g/mol. The van der Waals surface area contributed by atoms with Crippen molar-refractivity contribution in [1.29, 1.82) is 0 Å². The highest BCUT2D eigenvalue weighted by Gasteiger charge is 2.24. The molecule has 2 rings (SSSR count). The van der Waals surface area contributed by atoms with E-state index >= 15 is 0 Å². The molecule has 0 aliphatic carbocycles. The highest BCUT2D eigenvalue weighted by molar-refractivity contribution is 5.86. The van der Waals surface area contributed by atoms with Gasteiger partial charge in [0.15, 0.2) is 0 Å². The molecule has 1 atom stereocenters. The van der Waals surface area contributed by atoms with Crippen LogP contribution in [-0.2, 0) is 11.2 Å². The number of aliphatic carboxylic acids is 1. The molecule has 0 bridgehead atoms. The molecule has 0 saturated carbocycles. The fourth-order valence-corrected chi connectivity index (χ4v) is 2.72. The van der Waals surface area contributed by atoms with Gasteiger partial charge in [0, 0.05) is 0 Å². The molecular weight excluding hydrogens is 250 g/mol. The number of nitrogens with zero attached hydrogens (tertiary/aromatic N) is 1. The van der Waals surface area contributed by atoms with Crippen LogP contribution in [0.3, 0.4) is 0 Å². The maximum absolute atomic E-state index is 11.6. The van der Waals surface area contributed by atoms with E-state index in [0.29, 0.717) is 6.42 Å². The Kier molecular flexibility index (Phi) is 4.74. The Morgan fingerprint density at radius 3 is 2.40 bits per heavy atom. The largest absolute Gasteiger partial charge is 0.480 e.